The molecular weight excluding hydrogens is 272 g/mol. The summed E-state index contributed by atoms with van der Waals surface area (Å²) < 4.78 is 10.3. The largest absolute Gasteiger partial charge is 0.497 e. The van der Waals surface area contributed by atoms with Gasteiger partial charge in [0.1, 0.15) is 10.2 Å². The molecule has 0 aliphatic rings. The molecule has 0 amide bonds. The molecule has 0 bridgehead atoms. The molecule has 1 aromatic rings. The van der Waals surface area contributed by atoms with Gasteiger partial charge in [-0.2, -0.15) is 0 Å². The summed E-state index contributed by atoms with van der Waals surface area (Å²) in [7, 11) is 1.60. The van der Waals surface area contributed by atoms with Crippen LogP contribution in [0.15, 0.2) is 28.7 Å². The van der Waals surface area contributed by atoms with Crippen molar-refractivity contribution in [3.05, 3.63) is 34.3 Å². The highest BCUT2D eigenvalue weighted by atomic mass is 79.9. The zero-order valence-electron chi connectivity index (χ0n) is 9.20. The summed E-state index contributed by atoms with van der Waals surface area (Å²) in [5.74, 6) is 0.378. The van der Waals surface area contributed by atoms with Crippen LogP contribution < -0.4 is 4.74 Å². The number of carbonyl (C=O) groups is 1. The van der Waals surface area contributed by atoms with Crippen LogP contribution in [0.2, 0.25) is 0 Å². The lowest BCUT2D eigenvalue weighted by Gasteiger charge is -2.02. The molecule has 0 fully saturated rings. The number of esters is 1. The smallest absolute Gasteiger partial charge is 0.345 e. The van der Waals surface area contributed by atoms with Gasteiger partial charge in [-0.3, -0.25) is 0 Å². The normalized spacial score (nSPS) is 11.1. The molecule has 0 N–H and O–H groups in total. The summed E-state index contributed by atoms with van der Waals surface area (Å²) >= 11 is 3.17. The highest BCUT2D eigenvalue weighted by molar-refractivity contribution is 9.12. The van der Waals surface area contributed by atoms with E-state index in [0.29, 0.717) is 11.1 Å². The van der Waals surface area contributed by atoms with Gasteiger partial charge in [0, 0.05) is 0 Å². The Labute approximate surface area is 103 Å². The summed E-state index contributed by atoms with van der Waals surface area (Å²) in [5.41, 5.74) is 0.874. The molecule has 4 heteroatoms. The fourth-order valence-electron chi connectivity index (χ4n) is 1.14. The van der Waals surface area contributed by atoms with Gasteiger partial charge in [-0.1, -0.05) is 12.1 Å². The van der Waals surface area contributed by atoms with Gasteiger partial charge in [0.2, 0.25) is 0 Å². The van der Waals surface area contributed by atoms with E-state index in [4.69, 9.17) is 9.47 Å². The van der Waals surface area contributed by atoms with E-state index >= 15 is 0 Å². The molecule has 1 aromatic carbocycles. The second-order valence-corrected chi connectivity index (χ2v) is 3.84. The van der Waals surface area contributed by atoms with Crippen LogP contribution in [-0.4, -0.2) is 19.7 Å². The van der Waals surface area contributed by atoms with E-state index < -0.39 is 0 Å². The minimum absolute atomic E-state index is 0.361. The average molecular weight is 285 g/mol. The van der Waals surface area contributed by atoms with Gasteiger partial charge in [0.25, 0.3) is 0 Å². The molecule has 0 saturated carbocycles. The van der Waals surface area contributed by atoms with Crippen LogP contribution in [0.1, 0.15) is 12.5 Å². The van der Waals surface area contributed by atoms with Crippen LogP contribution in [-0.2, 0) is 9.53 Å². The maximum absolute atomic E-state index is 11.3. The Morgan fingerprint density at radius 3 is 2.88 bits per heavy atom. The van der Waals surface area contributed by atoms with Crippen molar-refractivity contribution in [2.45, 2.75) is 6.92 Å². The minimum atomic E-state index is -0.370. The van der Waals surface area contributed by atoms with E-state index in [2.05, 4.69) is 15.9 Å². The van der Waals surface area contributed by atoms with Gasteiger partial charge >= 0.3 is 5.97 Å². The third kappa shape index (κ3) is 3.70. The first-order chi connectivity index (χ1) is 7.67. The molecule has 0 atom stereocenters. The first-order valence-electron chi connectivity index (χ1n) is 4.85. The number of carbonyl (C=O) groups excluding carboxylic acids is 1. The fraction of sp³-hybridized carbons (Fsp3) is 0.250. The first kappa shape index (κ1) is 12.8. The summed E-state index contributed by atoms with van der Waals surface area (Å²) in [5, 5.41) is 0. The molecule has 0 aliphatic carbocycles. The third-order valence-corrected chi connectivity index (χ3v) is 2.41. The molecule has 3 nitrogen and oxygen atoms in total. The number of halogens is 1. The zero-order chi connectivity index (χ0) is 12.0. The Morgan fingerprint density at radius 1 is 1.50 bits per heavy atom. The van der Waals surface area contributed by atoms with Gasteiger partial charge < -0.3 is 9.47 Å². The lowest BCUT2D eigenvalue weighted by molar-refractivity contribution is -0.137. The molecular formula is C12H13BrO3. The Kier molecular flexibility index (Phi) is 5.05. The van der Waals surface area contributed by atoms with E-state index in [0.717, 1.165) is 11.3 Å². The van der Waals surface area contributed by atoms with Crippen LogP contribution >= 0.6 is 15.9 Å². The molecule has 86 valence electrons. The molecule has 0 radical (unpaired) electrons. The standard InChI is InChI=1S/C12H13BrO3/c1-3-16-12(14)11(13)8-9-5-4-6-10(7-9)15-2/h4-8H,3H2,1-2H3/b11-8+. The molecule has 0 aromatic heterocycles. The second kappa shape index (κ2) is 6.33. The lowest BCUT2D eigenvalue weighted by Crippen LogP contribution is -2.02. The van der Waals surface area contributed by atoms with Gasteiger partial charge in [0.05, 0.1) is 13.7 Å². The second-order valence-electron chi connectivity index (χ2n) is 2.99. The lowest BCUT2D eigenvalue weighted by atomic mass is 10.2. The quantitative estimate of drug-likeness (QED) is 0.630. The molecule has 0 heterocycles. The number of ether oxygens (including phenoxy) is 2. The topological polar surface area (TPSA) is 35.5 Å². The fourth-order valence-corrected chi connectivity index (χ4v) is 1.52. The number of rotatable bonds is 4. The van der Waals surface area contributed by atoms with Crippen LogP contribution in [0.4, 0.5) is 0 Å². The Bertz CT molecular complexity index is 399. The van der Waals surface area contributed by atoms with Crippen LogP contribution in [0.25, 0.3) is 6.08 Å². The van der Waals surface area contributed by atoms with Crippen LogP contribution in [0, 0.1) is 0 Å². The van der Waals surface area contributed by atoms with Crippen molar-refractivity contribution in [1.82, 2.24) is 0 Å². The van der Waals surface area contributed by atoms with Crippen LogP contribution in [0.5, 0.6) is 5.75 Å². The van der Waals surface area contributed by atoms with E-state index in [1.165, 1.54) is 0 Å². The van der Waals surface area contributed by atoms with E-state index in [1.54, 1.807) is 20.1 Å². The molecule has 0 spiro atoms. The van der Waals surface area contributed by atoms with Crippen molar-refractivity contribution in [3.8, 4) is 5.75 Å². The summed E-state index contributed by atoms with van der Waals surface area (Å²) in [6.45, 7) is 2.13. The van der Waals surface area contributed by atoms with Crippen molar-refractivity contribution >= 4 is 28.0 Å². The molecule has 0 aliphatic heterocycles. The minimum Gasteiger partial charge on any atom is -0.497 e. The maximum Gasteiger partial charge on any atom is 0.345 e. The van der Waals surface area contributed by atoms with E-state index in [-0.39, 0.29) is 5.97 Å². The Hall–Kier alpha value is -1.29. The SMILES string of the molecule is CCOC(=O)/C(Br)=C\c1cccc(OC)c1. The van der Waals surface area contributed by atoms with Crippen molar-refractivity contribution in [1.29, 1.82) is 0 Å². The molecule has 1 rings (SSSR count). The van der Waals surface area contributed by atoms with Crippen molar-refractivity contribution in [2.24, 2.45) is 0 Å². The van der Waals surface area contributed by atoms with Crippen LogP contribution in [0.3, 0.4) is 0 Å². The predicted octanol–water partition coefficient (Wildman–Crippen LogP) is 2.99. The van der Waals surface area contributed by atoms with Gasteiger partial charge in [0.15, 0.2) is 0 Å². The summed E-state index contributed by atoms with van der Waals surface area (Å²) in [4.78, 5) is 11.3. The van der Waals surface area contributed by atoms with Crippen molar-refractivity contribution < 1.29 is 14.3 Å². The molecule has 16 heavy (non-hydrogen) atoms. The van der Waals surface area contributed by atoms with Gasteiger partial charge in [-0.25, -0.2) is 4.79 Å². The van der Waals surface area contributed by atoms with Gasteiger partial charge in [-0.05, 0) is 46.6 Å². The summed E-state index contributed by atoms with van der Waals surface area (Å²) in [6.07, 6.45) is 1.69. The third-order valence-electron chi connectivity index (χ3n) is 1.86. The van der Waals surface area contributed by atoms with Crippen molar-refractivity contribution in [3.63, 3.8) is 0 Å². The molecule has 0 saturated heterocycles. The Morgan fingerprint density at radius 2 is 2.25 bits per heavy atom. The van der Waals surface area contributed by atoms with E-state index in [1.807, 2.05) is 24.3 Å². The number of hydrogen-bond acceptors (Lipinski definition) is 3. The maximum atomic E-state index is 11.3. The number of benzene rings is 1. The monoisotopic (exact) mass is 284 g/mol. The van der Waals surface area contributed by atoms with Crippen molar-refractivity contribution in [2.75, 3.05) is 13.7 Å². The van der Waals surface area contributed by atoms with Gasteiger partial charge in [-0.15, -0.1) is 0 Å². The first-order valence-corrected chi connectivity index (χ1v) is 5.65. The zero-order valence-corrected chi connectivity index (χ0v) is 10.8. The van der Waals surface area contributed by atoms with E-state index in [9.17, 15) is 4.79 Å². The summed E-state index contributed by atoms with van der Waals surface area (Å²) in [6, 6.07) is 7.41. The number of hydrogen-bond donors (Lipinski definition) is 0. The highest BCUT2D eigenvalue weighted by Gasteiger charge is 2.06. The average Bonchev–Trinajstić information content (AvgIpc) is 2.29. The predicted molar refractivity (Wildman–Crippen MR) is 66.5 cm³/mol. The highest BCUT2D eigenvalue weighted by Crippen LogP contribution is 2.18. The Balaban J connectivity index is 2.84. The molecule has 0 unspecified atom stereocenters. The number of methoxy groups -OCH3 is 1.